The van der Waals surface area contributed by atoms with Crippen LogP contribution in [0.2, 0.25) is 5.02 Å². The van der Waals surface area contributed by atoms with Crippen LogP contribution in [0.4, 0.5) is 5.69 Å². The number of fused-ring (bicyclic) bond motifs is 1. The summed E-state index contributed by atoms with van der Waals surface area (Å²) in [6.45, 7) is 3.71. The van der Waals surface area contributed by atoms with Crippen LogP contribution < -0.4 is 10.9 Å². The maximum absolute atomic E-state index is 12.8. The average Bonchev–Trinajstić information content (AvgIpc) is 3.02. The predicted octanol–water partition coefficient (Wildman–Crippen LogP) is 5.10. The van der Waals surface area contributed by atoms with Gasteiger partial charge in [0.25, 0.3) is 11.5 Å². The van der Waals surface area contributed by atoms with Gasteiger partial charge < -0.3 is 10.3 Å². The molecule has 0 atom stereocenters. The van der Waals surface area contributed by atoms with Gasteiger partial charge in [-0.25, -0.2) is 4.98 Å². The summed E-state index contributed by atoms with van der Waals surface area (Å²) in [5.41, 5.74) is 3.12. The lowest BCUT2D eigenvalue weighted by atomic mass is 10.1. The van der Waals surface area contributed by atoms with Crippen LogP contribution in [-0.4, -0.2) is 15.9 Å². The van der Waals surface area contributed by atoms with Gasteiger partial charge in [0.2, 0.25) is 0 Å². The Kier molecular flexibility index (Phi) is 5.22. The van der Waals surface area contributed by atoms with Crippen LogP contribution >= 0.6 is 22.9 Å². The number of anilines is 1. The van der Waals surface area contributed by atoms with Crippen molar-refractivity contribution in [2.45, 2.75) is 20.3 Å². The monoisotopic (exact) mass is 423 g/mol. The van der Waals surface area contributed by atoms with E-state index in [1.165, 1.54) is 11.3 Å². The number of nitrogens with zero attached hydrogens (tertiary/aromatic N) is 1. The van der Waals surface area contributed by atoms with Gasteiger partial charge in [0.15, 0.2) is 0 Å². The zero-order valence-electron chi connectivity index (χ0n) is 15.9. The molecule has 0 aliphatic rings. The van der Waals surface area contributed by atoms with Crippen molar-refractivity contribution in [3.05, 3.63) is 91.3 Å². The Morgan fingerprint density at radius 1 is 1.14 bits per heavy atom. The van der Waals surface area contributed by atoms with Crippen molar-refractivity contribution in [2.75, 3.05) is 5.32 Å². The molecule has 0 saturated heterocycles. The topological polar surface area (TPSA) is 74.8 Å². The predicted molar refractivity (Wildman–Crippen MR) is 118 cm³/mol. The Balaban J connectivity index is 1.68. The molecule has 2 N–H and O–H groups in total. The minimum absolute atomic E-state index is 0.234. The molecular formula is C22H18ClN3O2S. The summed E-state index contributed by atoms with van der Waals surface area (Å²) in [6, 6.07) is 15.0. The first-order valence-corrected chi connectivity index (χ1v) is 10.3. The summed E-state index contributed by atoms with van der Waals surface area (Å²) in [5.74, 6) is 0.315. The molecule has 4 rings (SSSR count). The number of aryl methyl sites for hydroxylation is 2. The van der Waals surface area contributed by atoms with Gasteiger partial charge in [-0.05, 0) is 48.7 Å². The molecule has 0 radical (unpaired) electrons. The number of amides is 1. The summed E-state index contributed by atoms with van der Waals surface area (Å²) in [5, 5.41) is 4.05. The third-order valence-corrected chi connectivity index (χ3v) is 6.17. The maximum Gasteiger partial charge on any atom is 0.266 e. The van der Waals surface area contributed by atoms with Gasteiger partial charge in [0, 0.05) is 17.1 Å². The molecule has 0 aliphatic carbocycles. The van der Waals surface area contributed by atoms with E-state index in [0.29, 0.717) is 37.9 Å². The number of hydrogen-bond donors (Lipinski definition) is 2. The first kappa shape index (κ1) is 19.4. The van der Waals surface area contributed by atoms with E-state index in [9.17, 15) is 9.59 Å². The largest absolute Gasteiger partial charge is 0.321 e. The highest BCUT2D eigenvalue weighted by molar-refractivity contribution is 7.20. The molecule has 7 heteroatoms. The fourth-order valence-electron chi connectivity index (χ4n) is 3.18. The molecule has 0 bridgehead atoms. The Labute approximate surface area is 176 Å². The molecule has 0 unspecified atom stereocenters. The van der Waals surface area contributed by atoms with E-state index in [0.717, 1.165) is 16.8 Å². The van der Waals surface area contributed by atoms with Crippen molar-refractivity contribution in [3.63, 3.8) is 0 Å². The summed E-state index contributed by atoms with van der Waals surface area (Å²) in [7, 11) is 0. The number of hydrogen-bond acceptors (Lipinski definition) is 4. The lowest BCUT2D eigenvalue weighted by Crippen LogP contribution is -2.14. The van der Waals surface area contributed by atoms with Gasteiger partial charge in [-0.15, -0.1) is 11.3 Å². The molecule has 0 fully saturated rings. The summed E-state index contributed by atoms with van der Waals surface area (Å²) >= 11 is 7.16. The van der Waals surface area contributed by atoms with E-state index in [1.54, 1.807) is 19.1 Å². The third kappa shape index (κ3) is 3.95. The Hall–Kier alpha value is -2.96. The van der Waals surface area contributed by atoms with Gasteiger partial charge in [-0.1, -0.05) is 41.9 Å². The minimum Gasteiger partial charge on any atom is -0.321 e. The molecule has 1 amide bonds. The van der Waals surface area contributed by atoms with Gasteiger partial charge in [-0.2, -0.15) is 0 Å². The smallest absolute Gasteiger partial charge is 0.266 e. The van der Waals surface area contributed by atoms with E-state index in [4.69, 9.17) is 11.6 Å². The summed E-state index contributed by atoms with van der Waals surface area (Å²) < 4.78 is 0. The maximum atomic E-state index is 12.8. The van der Waals surface area contributed by atoms with Crippen LogP contribution in [0.25, 0.3) is 10.2 Å². The first-order chi connectivity index (χ1) is 13.9. The van der Waals surface area contributed by atoms with Crippen molar-refractivity contribution >= 4 is 44.7 Å². The van der Waals surface area contributed by atoms with Crippen LogP contribution in [0.5, 0.6) is 0 Å². The van der Waals surface area contributed by atoms with Gasteiger partial charge in [0.1, 0.15) is 10.7 Å². The van der Waals surface area contributed by atoms with Crippen molar-refractivity contribution in [2.24, 2.45) is 0 Å². The number of benzene rings is 2. The number of carbonyl (C=O) groups is 1. The van der Waals surface area contributed by atoms with Crippen molar-refractivity contribution in [3.8, 4) is 0 Å². The highest BCUT2D eigenvalue weighted by Crippen LogP contribution is 2.28. The molecule has 5 nitrogen and oxygen atoms in total. The second-order valence-electron chi connectivity index (χ2n) is 6.82. The van der Waals surface area contributed by atoms with Crippen LogP contribution in [0.3, 0.4) is 0 Å². The lowest BCUT2D eigenvalue weighted by Gasteiger charge is -2.07. The van der Waals surface area contributed by atoms with Gasteiger partial charge in [-0.3, -0.25) is 9.59 Å². The molecule has 2 heterocycles. The molecule has 4 aromatic rings. The number of para-hydroxylation sites is 1. The standard InChI is InChI=1S/C22H18ClN3O2S/c1-12-5-3-4-6-16(12)24-21(28)19-13(2)18-20(27)25-17(26-22(18)29-19)11-14-7-9-15(23)10-8-14/h3-10H,11H2,1-2H3,(H,24,28)(H,25,26,27). The SMILES string of the molecule is Cc1ccccc1NC(=O)c1sc2nc(Cc3ccc(Cl)cc3)[nH]c(=O)c2c1C. The van der Waals surface area contributed by atoms with Crippen LogP contribution in [0.1, 0.15) is 32.2 Å². The fraction of sp³-hybridized carbons (Fsp3) is 0.136. The first-order valence-electron chi connectivity index (χ1n) is 9.06. The number of aromatic amines is 1. The number of rotatable bonds is 4. The average molecular weight is 424 g/mol. The van der Waals surface area contributed by atoms with Crippen molar-refractivity contribution in [1.29, 1.82) is 0 Å². The molecule has 29 heavy (non-hydrogen) atoms. The highest BCUT2D eigenvalue weighted by atomic mass is 35.5. The molecule has 2 aromatic heterocycles. The number of aromatic nitrogens is 2. The van der Waals surface area contributed by atoms with Crippen LogP contribution in [-0.2, 0) is 6.42 Å². The lowest BCUT2D eigenvalue weighted by molar-refractivity contribution is 0.103. The van der Waals surface area contributed by atoms with Gasteiger partial charge in [0.05, 0.1) is 10.3 Å². The molecule has 0 spiro atoms. The van der Waals surface area contributed by atoms with E-state index in [2.05, 4.69) is 15.3 Å². The zero-order chi connectivity index (χ0) is 20.5. The Bertz CT molecular complexity index is 1280. The van der Waals surface area contributed by atoms with Crippen LogP contribution in [0.15, 0.2) is 53.3 Å². The van der Waals surface area contributed by atoms with Crippen molar-refractivity contribution in [1.82, 2.24) is 9.97 Å². The Morgan fingerprint density at radius 2 is 1.86 bits per heavy atom. The van der Waals surface area contributed by atoms with E-state index in [1.807, 2.05) is 43.3 Å². The second-order valence-corrected chi connectivity index (χ2v) is 8.26. The molecule has 0 aliphatic heterocycles. The summed E-state index contributed by atoms with van der Waals surface area (Å²) in [6.07, 6.45) is 0.476. The second kappa shape index (κ2) is 7.81. The van der Waals surface area contributed by atoms with Crippen LogP contribution in [0, 0.1) is 13.8 Å². The molecule has 2 aromatic carbocycles. The number of thiophene rings is 1. The molecule has 0 saturated carbocycles. The number of nitrogens with one attached hydrogen (secondary N) is 2. The quantitative estimate of drug-likeness (QED) is 0.479. The third-order valence-electron chi connectivity index (χ3n) is 4.73. The highest BCUT2D eigenvalue weighted by Gasteiger charge is 2.20. The van der Waals surface area contributed by atoms with Crippen molar-refractivity contribution < 1.29 is 4.79 Å². The Morgan fingerprint density at radius 3 is 2.59 bits per heavy atom. The summed E-state index contributed by atoms with van der Waals surface area (Å²) in [4.78, 5) is 34.0. The normalized spacial score (nSPS) is 11.0. The van der Waals surface area contributed by atoms with E-state index < -0.39 is 0 Å². The fourth-order valence-corrected chi connectivity index (χ4v) is 4.40. The van der Waals surface area contributed by atoms with E-state index in [-0.39, 0.29) is 11.5 Å². The molecule has 146 valence electrons. The number of halogens is 1. The van der Waals surface area contributed by atoms with Gasteiger partial charge >= 0.3 is 0 Å². The minimum atomic E-state index is -0.238. The molecular weight excluding hydrogens is 406 g/mol. The zero-order valence-corrected chi connectivity index (χ0v) is 17.4. The van der Waals surface area contributed by atoms with E-state index >= 15 is 0 Å². The number of H-pyrrole nitrogens is 1. The number of carbonyl (C=O) groups excluding carboxylic acids is 1.